The minimum atomic E-state index is -0.433. The summed E-state index contributed by atoms with van der Waals surface area (Å²) >= 11 is 1.43. The van der Waals surface area contributed by atoms with Gasteiger partial charge < -0.3 is 11.1 Å². The number of nitrogens with two attached hydrogens (primary N) is 1. The van der Waals surface area contributed by atoms with Crippen molar-refractivity contribution in [2.45, 2.75) is 51.5 Å². The van der Waals surface area contributed by atoms with Crippen LogP contribution < -0.4 is 11.1 Å². The first-order valence-electron chi connectivity index (χ1n) is 8.42. The van der Waals surface area contributed by atoms with Gasteiger partial charge in [-0.05, 0) is 32.3 Å². The van der Waals surface area contributed by atoms with Crippen LogP contribution in [0.25, 0.3) is 0 Å². The summed E-state index contributed by atoms with van der Waals surface area (Å²) in [6.45, 7) is 4.04. The number of hydrogen-bond acceptors (Lipinski definition) is 5. The Kier molecular flexibility index (Phi) is 6.54. The number of aromatic nitrogens is 2. The van der Waals surface area contributed by atoms with Crippen molar-refractivity contribution >= 4 is 34.8 Å². The molecule has 0 saturated heterocycles. The zero-order valence-corrected chi connectivity index (χ0v) is 16.3. The van der Waals surface area contributed by atoms with Gasteiger partial charge in [0.25, 0.3) is 0 Å². The van der Waals surface area contributed by atoms with Crippen LogP contribution in [0.2, 0.25) is 0 Å². The molecule has 2 atom stereocenters. The molecular formula is C18H25ClN4OS. The van der Waals surface area contributed by atoms with Gasteiger partial charge in [-0.3, -0.25) is 4.79 Å². The van der Waals surface area contributed by atoms with Crippen LogP contribution in [-0.4, -0.2) is 21.6 Å². The highest BCUT2D eigenvalue weighted by Gasteiger charge is 2.38. The highest BCUT2D eigenvalue weighted by atomic mass is 35.5. The van der Waals surface area contributed by atoms with Crippen molar-refractivity contribution < 1.29 is 4.79 Å². The normalized spacial score (nSPS) is 22.9. The fourth-order valence-corrected chi connectivity index (χ4v) is 4.01. The zero-order valence-electron chi connectivity index (χ0n) is 14.6. The summed E-state index contributed by atoms with van der Waals surface area (Å²) in [6.07, 6.45) is 4.61. The van der Waals surface area contributed by atoms with Crippen molar-refractivity contribution in [3.63, 3.8) is 0 Å². The molecule has 136 valence electrons. The Labute approximate surface area is 158 Å². The molecule has 25 heavy (non-hydrogen) atoms. The number of nitrogens with one attached hydrogen (secondary N) is 1. The van der Waals surface area contributed by atoms with E-state index in [1.165, 1.54) is 22.5 Å². The summed E-state index contributed by atoms with van der Waals surface area (Å²) in [7, 11) is 0. The maximum absolute atomic E-state index is 12.5. The third kappa shape index (κ3) is 5.00. The van der Waals surface area contributed by atoms with Gasteiger partial charge in [0.2, 0.25) is 11.0 Å². The van der Waals surface area contributed by atoms with Crippen LogP contribution in [0.1, 0.15) is 48.7 Å². The fraction of sp³-hybridized carbons (Fsp3) is 0.500. The highest BCUT2D eigenvalue weighted by Crippen LogP contribution is 2.32. The SMILES string of the molecule is Cc1ccc(Cc2nnc(NC(=O)C3CCCCC3(C)N)s2)cc1.Cl. The number of aryl methyl sites for hydroxylation is 1. The standard InChI is InChI=1S/C18H24N4OS.ClH/c1-12-6-8-13(9-7-12)11-15-21-22-17(24-15)20-16(23)14-5-3-4-10-18(14,2)19;/h6-9,14H,3-5,10-11,19H2,1-2H3,(H,20,22,23);1H. The van der Waals surface area contributed by atoms with Gasteiger partial charge in [0.15, 0.2) is 0 Å². The predicted octanol–water partition coefficient (Wildman–Crippen LogP) is 3.71. The number of anilines is 1. The van der Waals surface area contributed by atoms with E-state index in [4.69, 9.17) is 5.73 Å². The van der Waals surface area contributed by atoms with Gasteiger partial charge >= 0.3 is 0 Å². The number of carbonyl (C=O) groups is 1. The quantitative estimate of drug-likeness (QED) is 0.847. The lowest BCUT2D eigenvalue weighted by Gasteiger charge is -2.36. The molecule has 0 bridgehead atoms. The third-order valence-corrected chi connectivity index (χ3v) is 5.58. The maximum atomic E-state index is 12.5. The first-order valence-corrected chi connectivity index (χ1v) is 9.23. The highest BCUT2D eigenvalue weighted by molar-refractivity contribution is 7.15. The van der Waals surface area contributed by atoms with Crippen LogP contribution in [0, 0.1) is 12.8 Å². The largest absolute Gasteiger partial charge is 0.325 e. The number of nitrogens with zero attached hydrogens (tertiary/aromatic N) is 2. The Hall–Kier alpha value is -1.50. The molecule has 0 aliphatic heterocycles. The van der Waals surface area contributed by atoms with E-state index in [2.05, 4.69) is 46.7 Å². The van der Waals surface area contributed by atoms with Gasteiger partial charge in [-0.15, -0.1) is 22.6 Å². The van der Waals surface area contributed by atoms with Crippen molar-refractivity contribution in [2.75, 3.05) is 5.32 Å². The molecule has 1 aromatic carbocycles. The second-order valence-corrected chi connectivity index (χ2v) is 8.02. The Morgan fingerprint density at radius 3 is 2.72 bits per heavy atom. The van der Waals surface area contributed by atoms with E-state index in [1.807, 2.05) is 6.92 Å². The molecule has 1 amide bonds. The van der Waals surface area contributed by atoms with E-state index in [-0.39, 0.29) is 24.2 Å². The molecule has 0 radical (unpaired) electrons. The molecule has 2 unspecified atom stereocenters. The summed E-state index contributed by atoms with van der Waals surface area (Å²) in [5, 5.41) is 12.7. The number of halogens is 1. The van der Waals surface area contributed by atoms with Crippen LogP contribution in [0.5, 0.6) is 0 Å². The second-order valence-electron chi connectivity index (χ2n) is 6.96. The first kappa shape index (κ1) is 19.8. The second kappa shape index (κ2) is 8.25. The maximum Gasteiger partial charge on any atom is 0.231 e. The van der Waals surface area contributed by atoms with E-state index < -0.39 is 5.54 Å². The summed E-state index contributed by atoms with van der Waals surface area (Å²) < 4.78 is 0. The first-order chi connectivity index (χ1) is 11.4. The van der Waals surface area contributed by atoms with Crippen LogP contribution in [0.3, 0.4) is 0 Å². The van der Waals surface area contributed by atoms with Gasteiger partial charge in [0, 0.05) is 12.0 Å². The molecule has 5 nitrogen and oxygen atoms in total. The molecular weight excluding hydrogens is 356 g/mol. The minimum Gasteiger partial charge on any atom is -0.325 e. The molecule has 1 aromatic heterocycles. The van der Waals surface area contributed by atoms with Crippen molar-refractivity contribution in [3.05, 3.63) is 40.4 Å². The lowest BCUT2D eigenvalue weighted by molar-refractivity contribution is -0.122. The van der Waals surface area contributed by atoms with Crippen molar-refractivity contribution in [2.24, 2.45) is 11.7 Å². The number of amides is 1. The molecule has 1 aliphatic rings. The molecule has 1 saturated carbocycles. The minimum absolute atomic E-state index is 0. The smallest absolute Gasteiger partial charge is 0.231 e. The van der Waals surface area contributed by atoms with E-state index in [0.717, 1.165) is 37.1 Å². The summed E-state index contributed by atoms with van der Waals surface area (Å²) in [5.41, 5.74) is 8.30. The summed E-state index contributed by atoms with van der Waals surface area (Å²) in [5.74, 6) is -0.187. The zero-order chi connectivity index (χ0) is 17.2. The van der Waals surface area contributed by atoms with Crippen molar-refractivity contribution in [3.8, 4) is 0 Å². The van der Waals surface area contributed by atoms with E-state index >= 15 is 0 Å². The van der Waals surface area contributed by atoms with E-state index in [0.29, 0.717) is 5.13 Å². The molecule has 3 N–H and O–H groups in total. The monoisotopic (exact) mass is 380 g/mol. The Morgan fingerprint density at radius 1 is 1.32 bits per heavy atom. The van der Waals surface area contributed by atoms with Gasteiger partial charge in [0.05, 0.1) is 5.92 Å². The molecule has 1 aliphatic carbocycles. The summed E-state index contributed by atoms with van der Waals surface area (Å²) in [6, 6.07) is 8.36. The lowest BCUT2D eigenvalue weighted by atomic mass is 9.74. The molecule has 2 aromatic rings. The molecule has 0 spiro atoms. The number of benzene rings is 1. The Bertz CT molecular complexity index is 714. The van der Waals surface area contributed by atoms with Gasteiger partial charge in [-0.1, -0.05) is 54.0 Å². The Morgan fingerprint density at radius 2 is 2.04 bits per heavy atom. The predicted molar refractivity (Wildman–Crippen MR) is 104 cm³/mol. The van der Waals surface area contributed by atoms with Crippen LogP contribution in [-0.2, 0) is 11.2 Å². The Balaban J connectivity index is 0.00000225. The van der Waals surface area contributed by atoms with Crippen molar-refractivity contribution in [1.29, 1.82) is 0 Å². The number of carbonyl (C=O) groups excluding carboxylic acids is 1. The van der Waals surface area contributed by atoms with Crippen LogP contribution in [0.4, 0.5) is 5.13 Å². The van der Waals surface area contributed by atoms with Crippen LogP contribution in [0.15, 0.2) is 24.3 Å². The van der Waals surface area contributed by atoms with Gasteiger partial charge in [-0.2, -0.15) is 0 Å². The topological polar surface area (TPSA) is 80.9 Å². The fourth-order valence-electron chi connectivity index (χ4n) is 3.24. The van der Waals surface area contributed by atoms with E-state index in [9.17, 15) is 4.79 Å². The number of hydrogen-bond donors (Lipinski definition) is 2. The third-order valence-electron chi connectivity index (χ3n) is 4.74. The molecule has 1 heterocycles. The van der Waals surface area contributed by atoms with Gasteiger partial charge in [-0.25, -0.2) is 0 Å². The summed E-state index contributed by atoms with van der Waals surface area (Å²) in [4.78, 5) is 12.5. The number of rotatable bonds is 4. The van der Waals surface area contributed by atoms with E-state index in [1.54, 1.807) is 0 Å². The molecule has 7 heteroatoms. The average molecular weight is 381 g/mol. The lowest BCUT2D eigenvalue weighted by Crippen LogP contribution is -2.51. The van der Waals surface area contributed by atoms with Crippen LogP contribution >= 0.6 is 23.7 Å². The molecule has 3 rings (SSSR count). The van der Waals surface area contributed by atoms with Gasteiger partial charge in [0.1, 0.15) is 5.01 Å². The van der Waals surface area contributed by atoms with Crippen molar-refractivity contribution in [1.82, 2.24) is 10.2 Å². The average Bonchev–Trinajstić information content (AvgIpc) is 2.96. The molecule has 1 fully saturated rings.